The van der Waals surface area contributed by atoms with Crippen LogP contribution in [-0.4, -0.2) is 40.9 Å². The van der Waals surface area contributed by atoms with Gasteiger partial charge in [0.05, 0.1) is 6.42 Å². The van der Waals surface area contributed by atoms with Gasteiger partial charge >= 0.3 is 5.97 Å². The minimum atomic E-state index is -1.39. The van der Waals surface area contributed by atoms with Crippen molar-refractivity contribution in [1.82, 2.24) is 10.6 Å². The van der Waals surface area contributed by atoms with Gasteiger partial charge in [0, 0.05) is 12.0 Å². The third-order valence-electron chi connectivity index (χ3n) is 4.95. The van der Waals surface area contributed by atoms with Gasteiger partial charge in [-0.05, 0) is 28.5 Å². The molecule has 0 fully saturated rings. The molecule has 5 N–H and O–H groups in total. The van der Waals surface area contributed by atoms with E-state index in [0.717, 1.165) is 16.3 Å². The van der Waals surface area contributed by atoms with Crippen molar-refractivity contribution in [3.8, 4) is 0 Å². The Morgan fingerprint density at radius 2 is 1.47 bits per heavy atom. The van der Waals surface area contributed by atoms with E-state index < -0.39 is 42.2 Å². The Morgan fingerprint density at radius 3 is 2.12 bits per heavy atom. The molecule has 3 amide bonds. The van der Waals surface area contributed by atoms with Gasteiger partial charge in [-0.1, -0.05) is 60.7 Å². The molecule has 3 aromatic carbocycles. The van der Waals surface area contributed by atoms with Crippen LogP contribution in [0.1, 0.15) is 22.3 Å². The van der Waals surface area contributed by atoms with E-state index in [1.54, 1.807) is 42.5 Å². The highest BCUT2D eigenvalue weighted by Gasteiger charge is 2.28. The molecule has 164 valence electrons. The van der Waals surface area contributed by atoms with Crippen LogP contribution < -0.4 is 16.4 Å². The van der Waals surface area contributed by atoms with Crippen LogP contribution in [0.4, 0.5) is 0 Å². The predicted molar refractivity (Wildman–Crippen MR) is 119 cm³/mol. The van der Waals surface area contributed by atoms with Gasteiger partial charge in [0.1, 0.15) is 12.1 Å². The van der Waals surface area contributed by atoms with E-state index in [0.29, 0.717) is 0 Å². The summed E-state index contributed by atoms with van der Waals surface area (Å²) in [5, 5.41) is 15.9. The number of hydrogen-bond acceptors (Lipinski definition) is 4. The second-order valence-corrected chi connectivity index (χ2v) is 7.34. The van der Waals surface area contributed by atoms with Crippen molar-refractivity contribution in [3.63, 3.8) is 0 Å². The summed E-state index contributed by atoms with van der Waals surface area (Å²) >= 11 is 0. The third-order valence-corrected chi connectivity index (χ3v) is 4.95. The molecule has 0 saturated heterocycles. The van der Waals surface area contributed by atoms with Crippen molar-refractivity contribution in [2.75, 3.05) is 0 Å². The Morgan fingerprint density at radius 1 is 0.812 bits per heavy atom. The summed E-state index contributed by atoms with van der Waals surface area (Å²) in [5.74, 6) is -3.45. The van der Waals surface area contributed by atoms with E-state index in [1.807, 2.05) is 30.3 Å². The van der Waals surface area contributed by atoms with Crippen molar-refractivity contribution >= 4 is 34.5 Å². The second-order valence-electron chi connectivity index (χ2n) is 7.34. The zero-order chi connectivity index (χ0) is 23.1. The first-order valence-corrected chi connectivity index (χ1v) is 9.98. The van der Waals surface area contributed by atoms with Gasteiger partial charge in [0.25, 0.3) is 5.91 Å². The molecular formula is C24H23N3O5. The minimum absolute atomic E-state index is 0.139. The van der Waals surface area contributed by atoms with Gasteiger partial charge in [0.2, 0.25) is 11.8 Å². The zero-order valence-electron chi connectivity index (χ0n) is 17.2. The number of nitrogens with two attached hydrogens (primary N) is 1. The molecule has 0 aromatic heterocycles. The number of benzene rings is 3. The summed E-state index contributed by atoms with van der Waals surface area (Å²) in [4.78, 5) is 48.6. The molecule has 0 saturated carbocycles. The predicted octanol–water partition coefficient (Wildman–Crippen LogP) is 1.63. The molecule has 0 aliphatic rings. The molecule has 32 heavy (non-hydrogen) atoms. The lowest BCUT2D eigenvalue weighted by Gasteiger charge is -2.21. The van der Waals surface area contributed by atoms with Crippen LogP contribution in [-0.2, 0) is 20.8 Å². The highest BCUT2D eigenvalue weighted by molar-refractivity contribution is 6.01. The number of carboxylic acid groups (broad SMARTS) is 1. The fourth-order valence-corrected chi connectivity index (χ4v) is 3.30. The Bertz CT molecular complexity index is 1150. The summed E-state index contributed by atoms with van der Waals surface area (Å²) in [6.07, 6.45) is -0.512. The molecule has 0 heterocycles. The fraction of sp³-hybridized carbons (Fsp3) is 0.167. The first-order valence-electron chi connectivity index (χ1n) is 9.98. The average molecular weight is 433 g/mol. The number of hydrogen-bond donors (Lipinski definition) is 4. The lowest BCUT2D eigenvalue weighted by atomic mass is 10.0. The van der Waals surface area contributed by atoms with Crippen molar-refractivity contribution in [1.29, 1.82) is 0 Å². The molecular weight excluding hydrogens is 410 g/mol. The maximum absolute atomic E-state index is 12.8. The standard InChI is InChI=1S/C24H23N3O5/c25-22(30)19(12-15-6-2-1-3-7-15)26-24(32)20(14-21(28)29)27-23(31)18-11-10-16-8-4-5-9-17(16)13-18/h1-11,13,19-20H,12,14H2,(H2,25,30)(H,26,32)(H,27,31)(H,28,29)/t19-,20-/m0/s1. The van der Waals surface area contributed by atoms with E-state index >= 15 is 0 Å². The van der Waals surface area contributed by atoms with Gasteiger partial charge in [-0.2, -0.15) is 0 Å². The smallest absolute Gasteiger partial charge is 0.305 e. The molecule has 0 aliphatic carbocycles. The molecule has 8 nitrogen and oxygen atoms in total. The average Bonchev–Trinajstić information content (AvgIpc) is 2.78. The Labute approximate surface area is 184 Å². The van der Waals surface area contributed by atoms with E-state index in [-0.39, 0.29) is 12.0 Å². The largest absolute Gasteiger partial charge is 0.481 e. The van der Waals surface area contributed by atoms with Crippen molar-refractivity contribution < 1.29 is 24.3 Å². The fourth-order valence-electron chi connectivity index (χ4n) is 3.30. The van der Waals surface area contributed by atoms with E-state index in [9.17, 15) is 24.3 Å². The number of amides is 3. The first kappa shape index (κ1) is 22.5. The quantitative estimate of drug-likeness (QED) is 0.406. The molecule has 2 atom stereocenters. The number of primary amides is 1. The molecule has 0 spiro atoms. The number of carbonyl (C=O) groups excluding carboxylic acids is 3. The van der Waals surface area contributed by atoms with Crippen molar-refractivity contribution in [3.05, 3.63) is 83.9 Å². The number of fused-ring (bicyclic) bond motifs is 1. The van der Waals surface area contributed by atoms with Crippen LogP contribution in [0.5, 0.6) is 0 Å². The SMILES string of the molecule is NC(=O)[C@H](Cc1ccccc1)NC(=O)[C@H](CC(=O)O)NC(=O)c1ccc2ccccc2c1. The summed E-state index contributed by atoms with van der Waals surface area (Å²) in [5.41, 5.74) is 6.47. The summed E-state index contributed by atoms with van der Waals surface area (Å²) < 4.78 is 0. The summed E-state index contributed by atoms with van der Waals surface area (Å²) in [6, 6.07) is 18.9. The van der Waals surface area contributed by atoms with Gasteiger partial charge in [0.15, 0.2) is 0 Å². The van der Waals surface area contributed by atoms with Gasteiger partial charge < -0.3 is 21.5 Å². The monoisotopic (exact) mass is 433 g/mol. The highest BCUT2D eigenvalue weighted by Crippen LogP contribution is 2.16. The molecule has 0 aliphatic heterocycles. The number of rotatable bonds is 9. The lowest BCUT2D eigenvalue weighted by molar-refractivity contribution is -0.140. The van der Waals surface area contributed by atoms with Crippen molar-refractivity contribution in [2.24, 2.45) is 5.73 Å². The van der Waals surface area contributed by atoms with E-state index in [4.69, 9.17) is 5.73 Å². The van der Waals surface area contributed by atoms with Crippen LogP contribution >= 0.6 is 0 Å². The van der Waals surface area contributed by atoms with Crippen LogP contribution in [0.2, 0.25) is 0 Å². The zero-order valence-corrected chi connectivity index (χ0v) is 17.2. The Balaban J connectivity index is 1.74. The van der Waals surface area contributed by atoms with Crippen molar-refractivity contribution in [2.45, 2.75) is 24.9 Å². The van der Waals surface area contributed by atoms with Crippen LogP contribution in [0.3, 0.4) is 0 Å². The van der Waals surface area contributed by atoms with E-state index in [1.165, 1.54) is 0 Å². The summed E-state index contributed by atoms with van der Waals surface area (Å²) in [6.45, 7) is 0. The maximum atomic E-state index is 12.8. The molecule has 0 radical (unpaired) electrons. The number of nitrogens with one attached hydrogen (secondary N) is 2. The third kappa shape index (κ3) is 5.91. The van der Waals surface area contributed by atoms with E-state index in [2.05, 4.69) is 10.6 Å². The Kier molecular flexibility index (Phi) is 7.17. The molecule has 8 heteroatoms. The van der Waals surface area contributed by atoms with Crippen LogP contribution in [0, 0.1) is 0 Å². The molecule has 0 bridgehead atoms. The minimum Gasteiger partial charge on any atom is -0.481 e. The number of carboxylic acids is 1. The molecule has 3 aromatic rings. The Hall–Kier alpha value is -4.20. The topological polar surface area (TPSA) is 139 Å². The normalized spacial score (nSPS) is 12.5. The van der Waals surface area contributed by atoms with Gasteiger partial charge in [-0.15, -0.1) is 0 Å². The second kappa shape index (κ2) is 10.2. The summed E-state index contributed by atoms with van der Waals surface area (Å²) in [7, 11) is 0. The van der Waals surface area contributed by atoms with Crippen LogP contribution in [0.15, 0.2) is 72.8 Å². The van der Waals surface area contributed by atoms with Crippen LogP contribution in [0.25, 0.3) is 10.8 Å². The molecule has 3 rings (SSSR count). The maximum Gasteiger partial charge on any atom is 0.305 e. The van der Waals surface area contributed by atoms with Gasteiger partial charge in [-0.3, -0.25) is 19.2 Å². The highest BCUT2D eigenvalue weighted by atomic mass is 16.4. The first-order chi connectivity index (χ1) is 15.3. The number of carbonyl (C=O) groups is 4. The molecule has 0 unspecified atom stereocenters. The van der Waals surface area contributed by atoms with Gasteiger partial charge in [-0.25, -0.2) is 0 Å². The lowest BCUT2D eigenvalue weighted by Crippen LogP contribution is -2.54. The number of aliphatic carboxylic acids is 1.